The van der Waals surface area contributed by atoms with Crippen LogP contribution in [0.4, 0.5) is 4.39 Å². The molecule has 1 saturated heterocycles. The van der Waals surface area contributed by atoms with E-state index < -0.39 is 0 Å². The zero-order chi connectivity index (χ0) is 10.8. The van der Waals surface area contributed by atoms with Crippen molar-refractivity contribution in [3.8, 4) is 5.75 Å². The van der Waals surface area contributed by atoms with Gasteiger partial charge in [-0.25, -0.2) is 4.39 Å². The van der Waals surface area contributed by atoms with E-state index in [0.717, 1.165) is 19.6 Å². The van der Waals surface area contributed by atoms with Gasteiger partial charge in [0.2, 0.25) is 0 Å². The number of benzene rings is 1. The Bertz CT molecular complexity index is 356. The molecule has 1 unspecified atom stereocenters. The molecule has 2 N–H and O–H groups in total. The van der Waals surface area contributed by atoms with Gasteiger partial charge in [-0.15, -0.1) is 0 Å². The number of phenolic OH excluding ortho intramolecular Hbond substituents is 1. The van der Waals surface area contributed by atoms with E-state index in [1.807, 2.05) is 7.05 Å². The third-order valence-corrected chi connectivity index (χ3v) is 2.86. The summed E-state index contributed by atoms with van der Waals surface area (Å²) < 4.78 is 13.1. The van der Waals surface area contributed by atoms with Crippen LogP contribution < -0.4 is 5.32 Å². The van der Waals surface area contributed by atoms with Gasteiger partial charge < -0.3 is 10.4 Å². The van der Waals surface area contributed by atoms with Crippen LogP contribution in [0.25, 0.3) is 0 Å². The molecular formula is C11H15FN2O. The number of hydrogen-bond donors (Lipinski definition) is 2. The van der Waals surface area contributed by atoms with Gasteiger partial charge in [0.1, 0.15) is 11.6 Å². The molecule has 2 rings (SSSR count). The largest absolute Gasteiger partial charge is 0.508 e. The summed E-state index contributed by atoms with van der Waals surface area (Å²) in [4.78, 5) is 2.12. The van der Waals surface area contributed by atoms with Gasteiger partial charge in [-0.05, 0) is 25.2 Å². The maximum absolute atomic E-state index is 13.1. The molecule has 0 amide bonds. The fourth-order valence-electron chi connectivity index (χ4n) is 1.95. The van der Waals surface area contributed by atoms with E-state index in [-0.39, 0.29) is 17.6 Å². The molecule has 1 aliphatic heterocycles. The average Bonchev–Trinajstić information content (AvgIpc) is 2.23. The van der Waals surface area contributed by atoms with Crippen LogP contribution in [0.5, 0.6) is 5.75 Å². The Hall–Kier alpha value is -1.13. The van der Waals surface area contributed by atoms with Crippen molar-refractivity contribution in [1.82, 2.24) is 10.2 Å². The minimum atomic E-state index is -0.304. The van der Waals surface area contributed by atoms with Gasteiger partial charge in [0.15, 0.2) is 0 Å². The van der Waals surface area contributed by atoms with Crippen molar-refractivity contribution in [2.75, 3.05) is 26.7 Å². The Morgan fingerprint density at radius 2 is 2.33 bits per heavy atom. The summed E-state index contributed by atoms with van der Waals surface area (Å²) in [6.07, 6.45) is 0. The highest BCUT2D eigenvalue weighted by Gasteiger charge is 2.23. The number of nitrogens with one attached hydrogen (secondary N) is 1. The summed E-state index contributed by atoms with van der Waals surface area (Å²) in [6, 6.07) is 4.14. The molecule has 0 aliphatic carbocycles. The van der Waals surface area contributed by atoms with Gasteiger partial charge >= 0.3 is 0 Å². The van der Waals surface area contributed by atoms with Crippen molar-refractivity contribution in [3.63, 3.8) is 0 Å². The van der Waals surface area contributed by atoms with E-state index in [1.165, 1.54) is 18.2 Å². The molecule has 1 heterocycles. The lowest BCUT2D eigenvalue weighted by Crippen LogP contribution is -2.43. The molecule has 1 aliphatic rings. The molecule has 3 nitrogen and oxygen atoms in total. The van der Waals surface area contributed by atoms with E-state index in [9.17, 15) is 9.50 Å². The van der Waals surface area contributed by atoms with Gasteiger partial charge in [0.05, 0.1) is 6.04 Å². The second-order valence-corrected chi connectivity index (χ2v) is 3.90. The molecule has 1 atom stereocenters. The molecule has 1 aromatic carbocycles. The monoisotopic (exact) mass is 210 g/mol. The van der Waals surface area contributed by atoms with Crippen molar-refractivity contribution < 1.29 is 9.50 Å². The molecule has 0 bridgehead atoms. The molecular weight excluding hydrogens is 195 g/mol. The first-order valence-electron chi connectivity index (χ1n) is 5.08. The Morgan fingerprint density at radius 3 is 3.07 bits per heavy atom. The highest BCUT2D eigenvalue weighted by molar-refractivity contribution is 5.35. The molecule has 0 aromatic heterocycles. The summed E-state index contributed by atoms with van der Waals surface area (Å²) in [5, 5.41) is 12.9. The Labute approximate surface area is 88.5 Å². The Kier molecular flexibility index (Phi) is 2.88. The van der Waals surface area contributed by atoms with Crippen LogP contribution in [-0.2, 0) is 0 Å². The fraction of sp³-hybridized carbons (Fsp3) is 0.455. The minimum absolute atomic E-state index is 0.0504. The van der Waals surface area contributed by atoms with Gasteiger partial charge in [0.25, 0.3) is 0 Å². The van der Waals surface area contributed by atoms with Crippen molar-refractivity contribution in [2.24, 2.45) is 0 Å². The first-order valence-corrected chi connectivity index (χ1v) is 5.08. The summed E-state index contributed by atoms with van der Waals surface area (Å²) in [7, 11) is 1.98. The van der Waals surface area contributed by atoms with Gasteiger partial charge in [-0.1, -0.05) is 0 Å². The molecule has 15 heavy (non-hydrogen) atoms. The second-order valence-electron chi connectivity index (χ2n) is 3.90. The van der Waals surface area contributed by atoms with Crippen molar-refractivity contribution in [1.29, 1.82) is 0 Å². The quantitative estimate of drug-likeness (QED) is 0.728. The number of rotatable bonds is 1. The van der Waals surface area contributed by atoms with Crippen molar-refractivity contribution >= 4 is 0 Å². The zero-order valence-electron chi connectivity index (χ0n) is 8.70. The van der Waals surface area contributed by atoms with Crippen LogP contribution in [0, 0.1) is 5.82 Å². The topological polar surface area (TPSA) is 35.5 Å². The maximum atomic E-state index is 13.1. The lowest BCUT2D eigenvalue weighted by Gasteiger charge is -2.33. The number of likely N-dealkylation sites (N-methyl/N-ethyl adjacent to an activating group) is 1. The standard InChI is InChI=1S/C11H15FN2O/c1-14-5-4-13-7-10(14)9-6-8(12)2-3-11(9)15/h2-3,6,10,13,15H,4-5,7H2,1H3. The van der Waals surface area contributed by atoms with Crippen molar-refractivity contribution in [2.45, 2.75) is 6.04 Å². The van der Waals surface area contributed by atoms with E-state index in [0.29, 0.717) is 5.56 Å². The third kappa shape index (κ3) is 2.11. The number of phenols is 1. The predicted molar refractivity (Wildman–Crippen MR) is 56.3 cm³/mol. The molecule has 1 aromatic rings. The number of aromatic hydroxyl groups is 1. The zero-order valence-corrected chi connectivity index (χ0v) is 8.70. The van der Waals surface area contributed by atoms with Gasteiger partial charge in [-0.2, -0.15) is 0 Å². The average molecular weight is 210 g/mol. The summed E-state index contributed by atoms with van der Waals surface area (Å²) in [5.41, 5.74) is 0.657. The van der Waals surface area contributed by atoms with Crippen LogP contribution in [-0.4, -0.2) is 36.7 Å². The van der Waals surface area contributed by atoms with E-state index >= 15 is 0 Å². The van der Waals surface area contributed by atoms with E-state index in [4.69, 9.17) is 0 Å². The normalized spacial score (nSPS) is 22.9. The van der Waals surface area contributed by atoms with E-state index in [2.05, 4.69) is 10.2 Å². The second kappa shape index (κ2) is 4.16. The minimum Gasteiger partial charge on any atom is -0.508 e. The molecule has 82 valence electrons. The maximum Gasteiger partial charge on any atom is 0.123 e. The molecule has 0 radical (unpaired) electrons. The number of nitrogens with zero attached hydrogens (tertiary/aromatic N) is 1. The van der Waals surface area contributed by atoms with Crippen LogP contribution in [0.2, 0.25) is 0 Å². The Balaban J connectivity index is 2.30. The van der Waals surface area contributed by atoms with E-state index in [1.54, 1.807) is 0 Å². The molecule has 1 fully saturated rings. The molecule has 0 saturated carbocycles. The first-order chi connectivity index (χ1) is 7.18. The van der Waals surface area contributed by atoms with Crippen LogP contribution in [0.3, 0.4) is 0 Å². The van der Waals surface area contributed by atoms with Crippen LogP contribution in [0.15, 0.2) is 18.2 Å². The van der Waals surface area contributed by atoms with Gasteiger partial charge in [-0.3, -0.25) is 4.90 Å². The molecule has 0 spiro atoms. The predicted octanol–water partition coefficient (Wildman–Crippen LogP) is 1.11. The lowest BCUT2D eigenvalue weighted by molar-refractivity contribution is 0.198. The highest BCUT2D eigenvalue weighted by Crippen LogP contribution is 2.29. The summed E-state index contributed by atoms with van der Waals surface area (Å²) in [6.45, 7) is 2.58. The molecule has 4 heteroatoms. The first kappa shape index (κ1) is 10.4. The number of hydrogen-bond acceptors (Lipinski definition) is 3. The van der Waals surface area contributed by atoms with Crippen LogP contribution in [0.1, 0.15) is 11.6 Å². The number of piperazine rings is 1. The van der Waals surface area contributed by atoms with Crippen molar-refractivity contribution in [3.05, 3.63) is 29.6 Å². The Morgan fingerprint density at radius 1 is 1.53 bits per heavy atom. The number of halogens is 1. The smallest absolute Gasteiger partial charge is 0.123 e. The highest BCUT2D eigenvalue weighted by atomic mass is 19.1. The van der Waals surface area contributed by atoms with Crippen LogP contribution >= 0.6 is 0 Å². The lowest BCUT2D eigenvalue weighted by atomic mass is 10.0. The SMILES string of the molecule is CN1CCNCC1c1cc(F)ccc1O. The third-order valence-electron chi connectivity index (χ3n) is 2.86. The summed E-state index contributed by atoms with van der Waals surface area (Å²) >= 11 is 0. The summed E-state index contributed by atoms with van der Waals surface area (Å²) in [5.74, 6) is -0.140. The fourth-order valence-corrected chi connectivity index (χ4v) is 1.95. The van der Waals surface area contributed by atoms with Gasteiger partial charge in [0, 0.05) is 25.2 Å².